The Hall–Kier alpha value is -1.30. The molecular weight excluding hydrogens is 248 g/mol. The maximum atomic E-state index is 12.1. The molecule has 0 radical (unpaired) electrons. The van der Waals surface area contributed by atoms with E-state index in [-0.39, 0.29) is 18.2 Å². The van der Waals surface area contributed by atoms with E-state index >= 15 is 0 Å². The number of ether oxygens (including phenoxy) is 1. The third kappa shape index (κ3) is 3.00. The molecule has 0 bridgehead atoms. The molecule has 6 heteroatoms. The highest BCUT2D eigenvalue weighted by atomic mass is 16.5. The van der Waals surface area contributed by atoms with E-state index < -0.39 is 11.4 Å². The second-order valence-corrected chi connectivity index (χ2v) is 5.77. The van der Waals surface area contributed by atoms with Crippen molar-refractivity contribution in [1.82, 2.24) is 10.2 Å². The number of rotatable bonds is 2. The largest absolute Gasteiger partial charge is 0.481 e. The highest BCUT2D eigenvalue weighted by Gasteiger charge is 2.38. The molecule has 2 N–H and O–H groups in total. The number of aliphatic carboxylic acids is 1. The number of nitrogens with one attached hydrogen (secondary N) is 1. The lowest BCUT2D eigenvalue weighted by molar-refractivity contribution is -0.150. The van der Waals surface area contributed by atoms with Gasteiger partial charge in [-0.15, -0.1) is 0 Å². The summed E-state index contributed by atoms with van der Waals surface area (Å²) in [6, 6.07) is -0.0323. The van der Waals surface area contributed by atoms with Crippen LogP contribution in [0.1, 0.15) is 33.1 Å². The monoisotopic (exact) mass is 270 g/mol. The molecule has 2 amide bonds. The van der Waals surface area contributed by atoms with Crippen LogP contribution in [-0.4, -0.2) is 53.8 Å². The van der Waals surface area contributed by atoms with Gasteiger partial charge in [-0.25, -0.2) is 4.79 Å². The van der Waals surface area contributed by atoms with Crippen LogP contribution in [0.4, 0.5) is 4.79 Å². The summed E-state index contributed by atoms with van der Waals surface area (Å²) in [5.74, 6) is -0.773. The molecule has 0 saturated carbocycles. The summed E-state index contributed by atoms with van der Waals surface area (Å²) in [5, 5.41) is 12.1. The van der Waals surface area contributed by atoms with Gasteiger partial charge in [0.05, 0.1) is 17.6 Å². The fourth-order valence-electron chi connectivity index (χ4n) is 2.59. The number of carboxylic acids is 1. The first-order chi connectivity index (χ1) is 8.92. The van der Waals surface area contributed by atoms with Crippen LogP contribution in [0.3, 0.4) is 0 Å². The van der Waals surface area contributed by atoms with Gasteiger partial charge in [-0.3, -0.25) is 4.79 Å². The Labute approximate surface area is 113 Å². The Kier molecular flexibility index (Phi) is 3.99. The molecular formula is C13H22N2O4. The average molecular weight is 270 g/mol. The number of amides is 2. The molecule has 2 heterocycles. The number of urea groups is 1. The summed E-state index contributed by atoms with van der Waals surface area (Å²) < 4.78 is 5.41. The molecule has 0 spiro atoms. The summed E-state index contributed by atoms with van der Waals surface area (Å²) in [4.78, 5) is 24.9. The predicted octanol–water partition coefficient (Wildman–Crippen LogP) is 1.06. The number of piperidine rings is 1. The zero-order chi connectivity index (χ0) is 14.0. The van der Waals surface area contributed by atoms with E-state index in [0.717, 1.165) is 6.42 Å². The second-order valence-electron chi connectivity index (χ2n) is 5.77. The summed E-state index contributed by atoms with van der Waals surface area (Å²) in [5.41, 5.74) is -0.694. The fraction of sp³-hybridized carbons (Fsp3) is 0.846. The van der Waals surface area contributed by atoms with E-state index in [1.54, 1.807) is 11.8 Å². The third-order valence-corrected chi connectivity index (χ3v) is 4.36. The van der Waals surface area contributed by atoms with Crippen LogP contribution in [-0.2, 0) is 9.53 Å². The lowest BCUT2D eigenvalue weighted by Gasteiger charge is -2.37. The van der Waals surface area contributed by atoms with Gasteiger partial charge in [-0.1, -0.05) is 0 Å². The molecule has 0 aromatic heterocycles. The second kappa shape index (κ2) is 5.36. The summed E-state index contributed by atoms with van der Waals surface area (Å²) >= 11 is 0. The lowest BCUT2D eigenvalue weighted by Crippen LogP contribution is -2.51. The zero-order valence-corrected chi connectivity index (χ0v) is 11.5. The molecule has 2 aliphatic heterocycles. The Morgan fingerprint density at radius 1 is 1.37 bits per heavy atom. The first kappa shape index (κ1) is 14.1. The summed E-state index contributed by atoms with van der Waals surface area (Å²) in [6.45, 7) is 5.38. The fourth-order valence-corrected chi connectivity index (χ4v) is 2.59. The van der Waals surface area contributed by atoms with Gasteiger partial charge >= 0.3 is 12.0 Å². The van der Waals surface area contributed by atoms with Crippen molar-refractivity contribution in [3.63, 3.8) is 0 Å². The van der Waals surface area contributed by atoms with Crippen LogP contribution in [0.25, 0.3) is 0 Å². The molecule has 19 heavy (non-hydrogen) atoms. The molecule has 0 aromatic carbocycles. The highest BCUT2D eigenvalue weighted by molar-refractivity contribution is 5.77. The zero-order valence-electron chi connectivity index (χ0n) is 11.5. The van der Waals surface area contributed by atoms with Gasteiger partial charge in [-0.2, -0.15) is 0 Å². The number of hydrogen-bond donors (Lipinski definition) is 2. The topological polar surface area (TPSA) is 78.9 Å². The number of carbonyl (C=O) groups is 2. The van der Waals surface area contributed by atoms with Gasteiger partial charge in [-0.05, 0) is 33.1 Å². The van der Waals surface area contributed by atoms with Crippen LogP contribution in [0.2, 0.25) is 0 Å². The lowest BCUT2D eigenvalue weighted by atomic mass is 9.80. The molecule has 2 unspecified atom stereocenters. The number of carboxylic acid groups (broad SMARTS) is 1. The average Bonchev–Trinajstić information content (AvgIpc) is 2.75. The number of hydrogen-bond acceptors (Lipinski definition) is 3. The van der Waals surface area contributed by atoms with Gasteiger partial charge in [0, 0.05) is 19.7 Å². The van der Waals surface area contributed by atoms with E-state index in [1.807, 2.05) is 6.92 Å². The molecule has 2 atom stereocenters. The van der Waals surface area contributed by atoms with Crippen molar-refractivity contribution < 1.29 is 19.4 Å². The van der Waals surface area contributed by atoms with Gasteiger partial charge in [0.2, 0.25) is 0 Å². The van der Waals surface area contributed by atoms with Crippen molar-refractivity contribution in [3.05, 3.63) is 0 Å². The molecule has 0 aromatic rings. The molecule has 2 rings (SSSR count). The van der Waals surface area contributed by atoms with Crippen LogP contribution in [0.15, 0.2) is 0 Å². The molecule has 2 fully saturated rings. The van der Waals surface area contributed by atoms with Crippen LogP contribution in [0, 0.1) is 5.41 Å². The van der Waals surface area contributed by atoms with E-state index in [0.29, 0.717) is 32.5 Å². The maximum Gasteiger partial charge on any atom is 0.317 e. The summed E-state index contributed by atoms with van der Waals surface area (Å²) in [6.07, 6.45) is 1.91. The highest BCUT2D eigenvalue weighted by Crippen LogP contribution is 2.31. The Bertz CT molecular complexity index is 364. The van der Waals surface area contributed by atoms with E-state index in [1.165, 1.54) is 0 Å². The molecule has 2 aliphatic rings. The van der Waals surface area contributed by atoms with Gasteiger partial charge in [0.15, 0.2) is 0 Å². The summed E-state index contributed by atoms with van der Waals surface area (Å²) in [7, 11) is 0. The Balaban J connectivity index is 1.84. The van der Waals surface area contributed by atoms with Crippen molar-refractivity contribution in [1.29, 1.82) is 0 Å². The smallest absolute Gasteiger partial charge is 0.317 e. The minimum absolute atomic E-state index is 0.0537. The maximum absolute atomic E-state index is 12.1. The van der Waals surface area contributed by atoms with Gasteiger partial charge < -0.3 is 20.1 Å². The Morgan fingerprint density at radius 2 is 2.00 bits per heavy atom. The van der Waals surface area contributed by atoms with Crippen LogP contribution < -0.4 is 5.32 Å². The number of nitrogens with zero attached hydrogens (tertiary/aromatic N) is 1. The minimum atomic E-state index is -0.773. The van der Waals surface area contributed by atoms with Crippen molar-refractivity contribution in [3.8, 4) is 0 Å². The molecule has 6 nitrogen and oxygen atoms in total. The standard InChI is InChI=1S/C13H22N2O4/c1-9-10(3-8-19-9)14-12(18)15-6-4-13(2,5-7-15)11(16)17/h9-10H,3-8H2,1-2H3,(H,14,18)(H,16,17). The van der Waals surface area contributed by atoms with E-state index in [2.05, 4.69) is 5.32 Å². The van der Waals surface area contributed by atoms with Crippen LogP contribution in [0.5, 0.6) is 0 Å². The van der Waals surface area contributed by atoms with Crippen LogP contribution >= 0.6 is 0 Å². The quantitative estimate of drug-likeness (QED) is 0.786. The third-order valence-electron chi connectivity index (χ3n) is 4.36. The normalized spacial score (nSPS) is 30.1. The van der Waals surface area contributed by atoms with E-state index in [9.17, 15) is 9.59 Å². The number of likely N-dealkylation sites (tertiary alicyclic amines) is 1. The first-order valence-electron chi connectivity index (χ1n) is 6.83. The molecule has 108 valence electrons. The first-order valence-corrected chi connectivity index (χ1v) is 6.83. The van der Waals surface area contributed by atoms with E-state index in [4.69, 9.17) is 9.84 Å². The van der Waals surface area contributed by atoms with Gasteiger partial charge in [0.25, 0.3) is 0 Å². The van der Waals surface area contributed by atoms with Crippen molar-refractivity contribution in [2.24, 2.45) is 5.41 Å². The van der Waals surface area contributed by atoms with Gasteiger partial charge in [0.1, 0.15) is 0 Å². The van der Waals surface area contributed by atoms with Crippen molar-refractivity contribution in [2.75, 3.05) is 19.7 Å². The minimum Gasteiger partial charge on any atom is -0.481 e. The van der Waals surface area contributed by atoms with Crippen molar-refractivity contribution >= 4 is 12.0 Å². The van der Waals surface area contributed by atoms with Crippen molar-refractivity contribution in [2.45, 2.75) is 45.3 Å². The SMILES string of the molecule is CC1OCCC1NC(=O)N1CCC(C)(C(=O)O)CC1. The number of carbonyl (C=O) groups excluding carboxylic acids is 1. The Morgan fingerprint density at radius 3 is 2.47 bits per heavy atom. The molecule has 2 saturated heterocycles. The molecule has 0 aliphatic carbocycles. The predicted molar refractivity (Wildman–Crippen MR) is 68.9 cm³/mol.